The van der Waals surface area contributed by atoms with Crippen LogP contribution in [-0.2, 0) is 0 Å². The van der Waals surface area contributed by atoms with E-state index in [2.05, 4.69) is 24.3 Å². The van der Waals surface area contributed by atoms with Crippen molar-refractivity contribution in [2.75, 3.05) is 0 Å². The molecule has 18 heavy (non-hydrogen) atoms. The minimum Gasteiger partial charge on any atom is -0.0767 e. The number of rotatable bonds is 0. The molecule has 0 aromatic carbocycles. The number of fused-ring (bicyclic) bond motifs is 5. The molecule has 4 aliphatic rings. The fourth-order valence-corrected chi connectivity index (χ4v) is 5.26. The molecule has 0 nitrogen and oxygen atoms in total. The van der Waals surface area contributed by atoms with E-state index in [0.717, 1.165) is 23.7 Å². The van der Waals surface area contributed by atoms with Gasteiger partial charge in [0.2, 0.25) is 0 Å². The Morgan fingerprint density at radius 2 is 1.67 bits per heavy atom. The molecule has 4 aliphatic carbocycles. The van der Waals surface area contributed by atoms with E-state index in [1.807, 2.05) is 5.57 Å². The van der Waals surface area contributed by atoms with Gasteiger partial charge in [0.1, 0.15) is 0 Å². The van der Waals surface area contributed by atoms with Crippen molar-refractivity contribution in [2.45, 2.75) is 51.4 Å². The van der Waals surface area contributed by atoms with Gasteiger partial charge in [-0.25, -0.2) is 0 Å². The van der Waals surface area contributed by atoms with Gasteiger partial charge in [0.15, 0.2) is 0 Å². The molecule has 0 radical (unpaired) electrons. The highest BCUT2D eigenvalue weighted by atomic mass is 14.5. The third-order valence-corrected chi connectivity index (χ3v) is 5.95. The molecule has 0 amide bonds. The molecule has 0 unspecified atom stereocenters. The molecule has 96 valence electrons. The van der Waals surface area contributed by atoms with Crippen molar-refractivity contribution < 1.29 is 0 Å². The Hall–Kier alpha value is -0.780. The van der Waals surface area contributed by atoms with Crippen molar-refractivity contribution in [1.82, 2.24) is 0 Å². The second-order valence-electron chi connectivity index (χ2n) is 6.71. The summed E-state index contributed by atoms with van der Waals surface area (Å²) in [7, 11) is 0. The molecule has 0 spiro atoms. The molecule has 0 bridgehead atoms. The summed E-state index contributed by atoms with van der Waals surface area (Å²) in [6.45, 7) is 0. The van der Waals surface area contributed by atoms with E-state index in [0.29, 0.717) is 0 Å². The van der Waals surface area contributed by atoms with Crippen LogP contribution in [-0.4, -0.2) is 0 Å². The van der Waals surface area contributed by atoms with Crippen LogP contribution in [0.5, 0.6) is 0 Å². The standard InChI is InChI=1S/C18H24/c1-2-8-14-13(7-1)15-9-3-4-11-17(15)18-12-6-5-10-16(14)18/h1-2,7-8,13,15,17-18H,3-6,9-12H2/t13-,15+,17+,18-/m0/s1. The summed E-state index contributed by atoms with van der Waals surface area (Å²) < 4.78 is 0. The lowest BCUT2D eigenvalue weighted by Gasteiger charge is -2.49. The first kappa shape index (κ1) is 11.1. The fraction of sp³-hybridized carbons (Fsp3) is 0.667. The maximum absolute atomic E-state index is 2.51. The molecular formula is C18H24. The Balaban J connectivity index is 1.80. The molecule has 2 fully saturated rings. The molecule has 0 N–H and O–H groups in total. The van der Waals surface area contributed by atoms with Crippen LogP contribution in [0.2, 0.25) is 0 Å². The lowest BCUT2D eigenvalue weighted by atomic mass is 9.56. The Bertz CT molecular complexity index is 423. The molecule has 0 aromatic rings. The molecule has 0 heteroatoms. The Kier molecular flexibility index (Phi) is 2.71. The maximum atomic E-state index is 2.51. The first-order valence-corrected chi connectivity index (χ1v) is 8.03. The summed E-state index contributed by atoms with van der Waals surface area (Å²) in [5.41, 5.74) is 3.61. The fourth-order valence-electron chi connectivity index (χ4n) is 5.26. The van der Waals surface area contributed by atoms with Crippen molar-refractivity contribution in [3.63, 3.8) is 0 Å². The molecule has 4 rings (SSSR count). The Morgan fingerprint density at radius 3 is 2.61 bits per heavy atom. The van der Waals surface area contributed by atoms with Crippen molar-refractivity contribution >= 4 is 0 Å². The van der Waals surface area contributed by atoms with Crippen molar-refractivity contribution in [2.24, 2.45) is 23.7 Å². The Labute approximate surface area is 111 Å². The van der Waals surface area contributed by atoms with Crippen molar-refractivity contribution in [3.8, 4) is 0 Å². The highest BCUT2D eigenvalue weighted by molar-refractivity contribution is 5.41. The zero-order valence-electron chi connectivity index (χ0n) is 11.3. The Morgan fingerprint density at radius 1 is 0.833 bits per heavy atom. The second kappa shape index (κ2) is 4.40. The van der Waals surface area contributed by atoms with Gasteiger partial charge in [0.25, 0.3) is 0 Å². The first-order valence-electron chi connectivity index (χ1n) is 8.03. The molecular weight excluding hydrogens is 216 g/mol. The summed E-state index contributed by atoms with van der Waals surface area (Å²) >= 11 is 0. The van der Waals surface area contributed by atoms with Gasteiger partial charge in [-0.05, 0) is 55.4 Å². The number of hydrogen-bond donors (Lipinski definition) is 0. The molecule has 2 saturated carbocycles. The van der Waals surface area contributed by atoms with E-state index < -0.39 is 0 Å². The summed E-state index contributed by atoms with van der Waals surface area (Å²) in [5.74, 6) is 3.75. The molecule has 0 saturated heterocycles. The molecule has 0 aromatic heterocycles. The third-order valence-electron chi connectivity index (χ3n) is 5.95. The lowest BCUT2D eigenvalue weighted by molar-refractivity contribution is 0.119. The molecule has 0 aliphatic heterocycles. The van der Waals surface area contributed by atoms with Crippen molar-refractivity contribution in [3.05, 3.63) is 35.5 Å². The highest BCUT2D eigenvalue weighted by Crippen LogP contribution is 2.54. The van der Waals surface area contributed by atoms with Crippen LogP contribution in [0.3, 0.4) is 0 Å². The smallest absolute Gasteiger partial charge is 0.00518 e. The number of hydrogen-bond acceptors (Lipinski definition) is 0. The van der Waals surface area contributed by atoms with Gasteiger partial charge in [0, 0.05) is 5.92 Å². The quantitative estimate of drug-likeness (QED) is 0.556. The largest absolute Gasteiger partial charge is 0.0767 e. The van der Waals surface area contributed by atoms with E-state index in [1.165, 1.54) is 51.4 Å². The van der Waals surface area contributed by atoms with E-state index in [9.17, 15) is 0 Å². The van der Waals surface area contributed by atoms with Gasteiger partial charge in [-0.3, -0.25) is 0 Å². The van der Waals surface area contributed by atoms with Crippen LogP contribution in [0.1, 0.15) is 51.4 Å². The topological polar surface area (TPSA) is 0 Å². The minimum atomic E-state index is 0.782. The first-order chi connectivity index (χ1) is 8.95. The molecule has 0 heterocycles. The van der Waals surface area contributed by atoms with Crippen LogP contribution in [0, 0.1) is 23.7 Å². The predicted octanol–water partition coefficient (Wildman–Crippen LogP) is 5.04. The third kappa shape index (κ3) is 1.57. The van der Waals surface area contributed by atoms with E-state index in [-0.39, 0.29) is 0 Å². The van der Waals surface area contributed by atoms with Crippen molar-refractivity contribution in [1.29, 1.82) is 0 Å². The van der Waals surface area contributed by atoms with Gasteiger partial charge >= 0.3 is 0 Å². The summed E-state index contributed by atoms with van der Waals surface area (Å²) in [4.78, 5) is 0. The monoisotopic (exact) mass is 240 g/mol. The van der Waals surface area contributed by atoms with E-state index in [4.69, 9.17) is 0 Å². The summed E-state index contributed by atoms with van der Waals surface area (Å²) in [6, 6.07) is 0. The van der Waals surface area contributed by atoms with Crippen LogP contribution < -0.4 is 0 Å². The van der Waals surface area contributed by atoms with Gasteiger partial charge < -0.3 is 0 Å². The van der Waals surface area contributed by atoms with Crippen LogP contribution >= 0.6 is 0 Å². The normalized spacial score (nSPS) is 42.2. The van der Waals surface area contributed by atoms with Gasteiger partial charge in [-0.2, -0.15) is 0 Å². The lowest BCUT2D eigenvalue weighted by Crippen LogP contribution is -2.39. The van der Waals surface area contributed by atoms with Crippen LogP contribution in [0.25, 0.3) is 0 Å². The van der Waals surface area contributed by atoms with Gasteiger partial charge in [0.05, 0.1) is 0 Å². The van der Waals surface area contributed by atoms with E-state index in [1.54, 1.807) is 5.57 Å². The minimum absolute atomic E-state index is 0.782. The van der Waals surface area contributed by atoms with Gasteiger partial charge in [-0.1, -0.05) is 49.1 Å². The van der Waals surface area contributed by atoms with Gasteiger partial charge in [-0.15, -0.1) is 0 Å². The predicted molar refractivity (Wildman–Crippen MR) is 76.2 cm³/mol. The SMILES string of the molecule is C1=CC2=C3CCCC[C@@H]3[C@@H]3CCCC[C@@H]3[C@H]2C=C1. The number of allylic oxidation sites excluding steroid dienone is 6. The average Bonchev–Trinajstić information content (AvgIpc) is 2.48. The van der Waals surface area contributed by atoms with Crippen LogP contribution in [0.4, 0.5) is 0 Å². The summed E-state index contributed by atoms with van der Waals surface area (Å²) in [6.07, 6.45) is 21.3. The second-order valence-corrected chi connectivity index (χ2v) is 6.71. The highest BCUT2D eigenvalue weighted by Gasteiger charge is 2.43. The zero-order valence-corrected chi connectivity index (χ0v) is 11.3. The average molecular weight is 240 g/mol. The zero-order chi connectivity index (χ0) is 11.9. The maximum Gasteiger partial charge on any atom is 0.00518 e. The van der Waals surface area contributed by atoms with Crippen LogP contribution in [0.15, 0.2) is 35.5 Å². The summed E-state index contributed by atoms with van der Waals surface area (Å²) in [5, 5.41) is 0. The van der Waals surface area contributed by atoms with E-state index >= 15 is 0 Å². The molecule has 4 atom stereocenters.